The number of amides is 1. The Morgan fingerprint density at radius 2 is 1.91 bits per heavy atom. The van der Waals surface area contributed by atoms with E-state index in [0.29, 0.717) is 11.4 Å². The van der Waals surface area contributed by atoms with Crippen LogP contribution in [0.2, 0.25) is 5.02 Å². The molecule has 2 heterocycles. The minimum Gasteiger partial charge on any atom is -0.361 e. The van der Waals surface area contributed by atoms with Gasteiger partial charge in [-0.25, -0.2) is 0 Å². The zero-order valence-electron chi connectivity index (χ0n) is 13.2. The van der Waals surface area contributed by atoms with Crippen LogP contribution in [0.3, 0.4) is 0 Å². The summed E-state index contributed by atoms with van der Waals surface area (Å²) in [5, 5.41) is 4.71. The third kappa shape index (κ3) is 4.33. The van der Waals surface area contributed by atoms with Gasteiger partial charge in [-0.15, -0.1) is 0 Å². The zero-order valence-corrected chi connectivity index (χ0v) is 13.9. The van der Waals surface area contributed by atoms with Gasteiger partial charge in [-0.3, -0.25) is 9.69 Å². The third-order valence-electron chi connectivity index (χ3n) is 4.06. The Labute approximate surface area is 140 Å². The Morgan fingerprint density at radius 1 is 1.22 bits per heavy atom. The van der Waals surface area contributed by atoms with Gasteiger partial charge in [0.15, 0.2) is 0 Å². The van der Waals surface area contributed by atoms with Gasteiger partial charge in [-0.2, -0.15) is 0 Å². The van der Waals surface area contributed by atoms with Crippen LogP contribution in [0, 0.1) is 6.92 Å². The lowest BCUT2D eigenvalue weighted by Crippen LogP contribution is -2.48. The lowest BCUT2D eigenvalue weighted by molar-refractivity contribution is -0.132. The van der Waals surface area contributed by atoms with Crippen LogP contribution in [0.4, 0.5) is 0 Å². The normalized spacial score (nSPS) is 15.8. The SMILES string of the molecule is Cc1cc(CN2CCN(C(=O)Cc3ccc(Cl)cc3)CC2)no1. The highest BCUT2D eigenvalue weighted by molar-refractivity contribution is 6.30. The van der Waals surface area contributed by atoms with Gasteiger partial charge < -0.3 is 9.42 Å². The highest BCUT2D eigenvalue weighted by Crippen LogP contribution is 2.13. The molecule has 1 aliphatic heterocycles. The summed E-state index contributed by atoms with van der Waals surface area (Å²) in [6.07, 6.45) is 0.430. The average Bonchev–Trinajstić information content (AvgIpc) is 2.95. The summed E-state index contributed by atoms with van der Waals surface area (Å²) < 4.78 is 5.09. The number of nitrogens with zero attached hydrogens (tertiary/aromatic N) is 3. The molecule has 1 aromatic heterocycles. The predicted octanol–water partition coefficient (Wildman–Crippen LogP) is 2.52. The lowest BCUT2D eigenvalue weighted by atomic mass is 10.1. The summed E-state index contributed by atoms with van der Waals surface area (Å²) in [5.41, 5.74) is 1.95. The van der Waals surface area contributed by atoms with Gasteiger partial charge in [0, 0.05) is 43.8 Å². The molecule has 0 unspecified atom stereocenters. The third-order valence-corrected chi connectivity index (χ3v) is 4.31. The zero-order chi connectivity index (χ0) is 16.2. The van der Waals surface area contributed by atoms with Crippen molar-refractivity contribution < 1.29 is 9.32 Å². The molecule has 0 radical (unpaired) electrons. The molecule has 1 saturated heterocycles. The predicted molar refractivity (Wildman–Crippen MR) is 88.3 cm³/mol. The van der Waals surface area contributed by atoms with E-state index in [9.17, 15) is 4.79 Å². The van der Waals surface area contributed by atoms with Crippen molar-refractivity contribution in [2.75, 3.05) is 26.2 Å². The molecule has 23 heavy (non-hydrogen) atoms. The largest absolute Gasteiger partial charge is 0.361 e. The van der Waals surface area contributed by atoms with E-state index in [4.69, 9.17) is 16.1 Å². The monoisotopic (exact) mass is 333 g/mol. The van der Waals surface area contributed by atoms with Gasteiger partial charge in [0.2, 0.25) is 5.91 Å². The van der Waals surface area contributed by atoms with Crippen molar-refractivity contribution in [1.29, 1.82) is 0 Å². The van der Waals surface area contributed by atoms with Crippen LogP contribution in [-0.2, 0) is 17.8 Å². The summed E-state index contributed by atoms with van der Waals surface area (Å²) in [4.78, 5) is 16.6. The fourth-order valence-corrected chi connectivity index (χ4v) is 2.89. The van der Waals surface area contributed by atoms with Gasteiger partial charge in [0.05, 0.1) is 12.1 Å². The van der Waals surface area contributed by atoms with Gasteiger partial charge in [-0.05, 0) is 24.6 Å². The smallest absolute Gasteiger partial charge is 0.227 e. The van der Waals surface area contributed by atoms with E-state index in [1.165, 1.54) is 0 Å². The van der Waals surface area contributed by atoms with E-state index < -0.39 is 0 Å². The summed E-state index contributed by atoms with van der Waals surface area (Å²) in [7, 11) is 0. The average molecular weight is 334 g/mol. The number of aryl methyl sites for hydroxylation is 1. The summed E-state index contributed by atoms with van der Waals surface area (Å²) >= 11 is 5.87. The fraction of sp³-hybridized carbons (Fsp3) is 0.412. The Bertz CT molecular complexity index is 661. The molecule has 0 spiro atoms. The number of halogens is 1. The van der Waals surface area contributed by atoms with Crippen molar-refractivity contribution in [2.45, 2.75) is 19.9 Å². The molecule has 5 nitrogen and oxygen atoms in total. The van der Waals surface area contributed by atoms with E-state index in [2.05, 4.69) is 10.1 Å². The van der Waals surface area contributed by atoms with Gasteiger partial charge in [0.1, 0.15) is 5.76 Å². The van der Waals surface area contributed by atoms with Gasteiger partial charge in [0.25, 0.3) is 0 Å². The quantitative estimate of drug-likeness (QED) is 0.862. The molecule has 122 valence electrons. The van der Waals surface area contributed by atoms with Crippen LogP contribution in [0.15, 0.2) is 34.9 Å². The maximum Gasteiger partial charge on any atom is 0.227 e. The molecule has 0 N–H and O–H groups in total. The van der Waals surface area contributed by atoms with Crippen molar-refractivity contribution in [3.8, 4) is 0 Å². The van der Waals surface area contributed by atoms with Crippen molar-refractivity contribution in [2.24, 2.45) is 0 Å². The second-order valence-electron chi connectivity index (χ2n) is 5.89. The molecule has 1 amide bonds. The second-order valence-corrected chi connectivity index (χ2v) is 6.33. The molecule has 3 rings (SSSR count). The van der Waals surface area contributed by atoms with Crippen LogP contribution < -0.4 is 0 Å². The van der Waals surface area contributed by atoms with Crippen LogP contribution in [0.5, 0.6) is 0 Å². The minimum absolute atomic E-state index is 0.171. The molecule has 2 aromatic rings. The first kappa shape index (κ1) is 16.0. The molecule has 0 atom stereocenters. The number of carbonyl (C=O) groups excluding carboxylic acids is 1. The maximum atomic E-state index is 12.4. The summed E-state index contributed by atoms with van der Waals surface area (Å²) in [6, 6.07) is 9.41. The molecule has 0 aliphatic carbocycles. The van der Waals surface area contributed by atoms with E-state index in [-0.39, 0.29) is 5.91 Å². The van der Waals surface area contributed by atoms with Crippen LogP contribution in [-0.4, -0.2) is 47.0 Å². The Hall–Kier alpha value is -1.85. The second kappa shape index (κ2) is 7.15. The number of aromatic nitrogens is 1. The van der Waals surface area contributed by atoms with E-state index >= 15 is 0 Å². The molecule has 0 bridgehead atoms. The number of carbonyl (C=O) groups is 1. The van der Waals surface area contributed by atoms with Crippen LogP contribution >= 0.6 is 11.6 Å². The first-order chi connectivity index (χ1) is 11.1. The number of hydrogen-bond donors (Lipinski definition) is 0. The number of piperazine rings is 1. The first-order valence-electron chi connectivity index (χ1n) is 7.77. The lowest BCUT2D eigenvalue weighted by Gasteiger charge is -2.34. The molecular weight excluding hydrogens is 314 g/mol. The highest BCUT2D eigenvalue weighted by Gasteiger charge is 2.21. The van der Waals surface area contributed by atoms with Crippen molar-refractivity contribution >= 4 is 17.5 Å². The van der Waals surface area contributed by atoms with E-state index in [1.54, 1.807) is 0 Å². The maximum absolute atomic E-state index is 12.4. The molecular formula is C17H20ClN3O2. The van der Waals surface area contributed by atoms with Gasteiger partial charge >= 0.3 is 0 Å². The Kier molecular flexibility index (Phi) is 4.98. The van der Waals surface area contributed by atoms with E-state index in [1.807, 2.05) is 42.2 Å². The fourth-order valence-electron chi connectivity index (χ4n) is 2.77. The Balaban J connectivity index is 1.48. The molecule has 1 aromatic carbocycles. The minimum atomic E-state index is 0.171. The first-order valence-corrected chi connectivity index (χ1v) is 8.15. The summed E-state index contributed by atoms with van der Waals surface area (Å²) in [5.74, 6) is 1.00. The molecule has 6 heteroatoms. The molecule has 1 aliphatic rings. The number of benzene rings is 1. The Morgan fingerprint density at radius 3 is 2.52 bits per heavy atom. The number of rotatable bonds is 4. The summed E-state index contributed by atoms with van der Waals surface area (Å²) in [6.45, 7) is 5.89. The highest BCUT2D eigenvalue weighted by atomic mass is 35.5. The van der Waals surface area contributed by atoms with Crippen molar-refractivity contribution in [3.05, 3.63) is 52.4 Å². The van der Waals surface area contributed by atoms with Crippen LogP contribution in [0.1, 0.15) is 17.0 Å². The van der Waals surface area contributed by atoms with Crippen molar-refractivity contribution in [1.82, 2.24) is 15.0 Å². The van der Waals surface area contributed by atoms with Crippen molar-refractivity contribution in [3.63, 3.8) is 0 Å². The van der Waals surface area contributed by atoms with Crippen LogP contribution in [0.25, 0.3) is 0 Å². The topological polar surface area (TPSA) is 49.6 Å². The number of hydrogen-bond acceptors (Lipinski definition) is 4. The van der Waals surface area contributed by atoms with Gasteiger partial charge in [-0.1, -0.05) is 28.9 Å². The standard InChI is InChI=1S/C17H20ClN3O2/c1-13-10-16(19-23-13)12-20-6-8-21(9-7-20)17(22)11-14-2-4-15(18)5-3-14/h2-5,10H,6-9,11-12H2,1H3. The molecule has 0 saturated carbocycles. The van der Waals surface area contributed by atoms with E-state index in [0.717, 1.165) is 49.7 Å². The molecule has 1 fully saturated rings.